The molecule has 6 nitrogen and oxygen atoms in total. The summed E-state index contributed by atoms with van der Waals surface area (Å²) in [7, 11) is 0. The first-order valence-corrected chi connectivity index (χ1v) is 11.0. The van der Waals surface area contributed by atoms with Crippen molar-refractivity contribution >= 4 is 45.8 Å². The topological polar surface area (TPSA) is 76.0 Å². The minimum absolute atomic E-state index is 0.147. The maximum Gasteiger partial charge on any atom is 0.417 e. The van der Waals surface area contributed by atoms with Gasteiger partial charge in [0, 0.05) is 22.9 Å². The first-order valence-electron chi connectivity index (χ1n) is 10.6. The van der Waals surface area contributed by atoms with Crippen molar-refractivity contribution < 1.29 is 22.8 Å². The summed E-state index contributed by atoms with van der Waals surface area (Å²) in [6.45, 7) is 4.16. The maximum atomic E-state index is 13.4. The van der Waals surface area contributed by atoms with Crippen LogP contribution in [-0.4, -0.2) is 21.4 Å². The Morgan fingerprint density at radius 1 is 1.00 bits per heavy atom. The van der Waals surface area contributed by atoms with E-state index in [1.165, 1.54) is 18.2 Å². The lowest BCUT2D eigenvalue weighted by molar-refractivity contribution is -0.137. The summed E-state index contributed by atoms with van der Waals surface area (Å²) in [5, 5.41) is 5.78. The Morgan fingerprint density at radius 2 is 1.71 bits per heavy atom. The Balaban J connectivity index is 1.74. The molecule has 4 aromatic rings. The van der Waals surface area contributed by atoms with Crippen LogP contribution in [0, 0.1) is 6.92 Å². The zero-order valence-electron chi connectivity index (χ0n) is 18.7. The highest BCUT2D eigenvalue weighted by Gasteiger charge is 2.35. The molecule has 1 aromatic heterocycles. The van der Waals surface area contributed by atoms with Crippen LogP contribution in [0.5, 0.6) is 0 Å². The summed E-state index contributed by atoms with van der Waals surface area (Å²) in [5.41, 5.74) is 0.831. The Hall–Kier alpha value is -3.85. The number of nitrogens with zero attached hydrogens (tertiary/aromatic N) is 2. The maximum absolute atomic E-state index is 13.4. The SMILES string of the molecule is CCn1cnc2c(C(=O)Nc3cccc(Cl)c3C)cc(NC(=O)c3ccccc3C(F)(F)F)cc21. The predicted octanol–water partition coefficient (Wildman–Crippen LogP) is 6.54. The monoisotopic (exact) mass is 500 g/mol. The van der Waals surface area contributed by atoms with Crippen molar-refractivity contribution in [3.63, 3.8) is 0 Å². The van der Waals surface area contributed by atoms with Crippen LogP contribution >= 0.6 is 11.6 Å². The zero-order chi connectivity index (χ0) is 25.3. The third-order valence-corrected chi connectivity index (χ3v) is 5.97. The van der Waals surface area contributed by atoms with E-state index in [1.807, 2.05) is 6.92 Å². The molecule has 0 aliphatic heterocycles. The van der Waals surface area contributed by atoms with E-state index >= 15 is 0 Å². The molecule has 4 rings (SSSR count). The molecule has 2 amide bonds. The van der Waals surface area contributed by atoms with Crippen molar-refractivity contribution in [2.45, 2.75) is 26.6 Å². The first kappa shape index (κ1) is 24.3. The van der Waals surface area contributed by atoms with E-state index in [2.05, 4.69) is 15.6 Å². The largest absolute Gasteiger partial charge is 0.417 e. The van der Waals surface area contributed by atoms with Crippen LogP contribution in [0.25, 0.3) is 11.0 Å². The minimum Gasteiger partial charge on any atom is -0.331 e. The third-order valence-electron chi connectivity index (χ3n) is 5.56. The number of carbonyl (C=O) groups excluding carboxylic acids is 2. The molecule has 3 aromatic carbocycles. The van der Waals surface area contributed by atoms with Gasteiger partial charge < -0.3 is 15.2 Å². The number of carbonyl (C=O) groups is 2. The van der Waals surface area contributed by atoms with Gasteiger partial charge in [-0.2, -0.15) is 13.2 Å². The third kappa shape index (κ3) is 4.85. The lowest BCUT2D eigenvalue weighted by Crippen LogP contribution is -2.19. The quantitative estimate of drug-likeness (QED) is 0.326. The molecule has 180 valence electrons. The van der Waals surface area contributed by atoms with Crippen molar-refractivity contribution in [1.82, 2.24) is 9.55 Å². The van der Waals surface area contributed by atoms with Gasteiger partial charge in [-0.3, -0.25) is 9.59 Å². The molecule has 0 bridgehead atoms. The number of aromatic nitrogens is 2. The molecule has 2 N–H and O–H groups in total. The molecule has 10 heteroatoms. The molecule has 0 saturated heterocycles. The highest BCUT2D eigenvalue weighted by Crippen LogP contribution is 2.33. The second kappa shape index (κ2) is 9.42. The van der Waals surface area contributed by atoms with E-state index in [-0.39, 0.29) is 11.3 Å². The number of imidazole rings is 1. The molecule has 0 fully saturated rings. The second-order valence-electron chi connectivity index (χ2n) is 7.79. The summed E-state index contributed by atoms with van der Waals surface area (Å²) in [6.07, 6.45) is -3.14. The van der Waals surface area contributed by atoms with E-state index in [1.54, 1.807) is 42.1 Å². The number of hydrogen-bond acceptors (Lipinski definition) is 3. The number of rotatable bonds is 5. The lowest BCUT2D eigenvalue weighted by Gasteiger charge is -2.14. The van der Waals surface area contributed by atoms with Gasteiger partial charge in [-0.25, -0.2) is 4.98 Å². The molecule has 0 saturated carbocycles. The van der Waals surface area contributed by atoms with Crippen molar-refractivity contribution in [1.29, 1.82) is 0 Å². The van der Waals surface area contributed by atoms with Crippen LogP contribution in [0.15, 0.2) is 60.9 Å². The molecule has 0 aliphatic carbocycles. The van der Waals surface area contributed by atoms with Crippen LogP contribution in [0.2, 0.25) is 5.02 Å². The fourth-order valence-corrected chi connectivity index (χ4v) is 3.89. The normalized spacial score (nSPS) is 11.5. The van der Waals surface area contributed by atoms with E-state index < -0.39 is 29.1 Å². The van der Waals surface area contributed by atoms with Gasteiger partial charge in [0.1, 0.15) is 5.52 Å². The average Bonchev–Trinajstić information content (AvgIpc) is 3.24. The van der Waals surface area contributed by atoms with Gasteiger partial charge in [0.05, 0.1) is 28.5 Å². The summed E-state index contributed by atoms with van der Waals surface area (Å²) >= 11 is 6.15. The summed E-state index contributed by atoms with van der Waals surface area (Å²) in [5.74, 6) is -1.45. The van der Waals surface area contributed by atoms with Gasteiger partial charge in [-0.1, -0.05) is 29.8 Å². The van der Waals surface area contributed by atoms with E-state index in [4.69, 9.17) is 11.6 Å². The van der Waals surface area contributed by atoms with Gasteiger partial charge >= 0.3 is 6.18 Å². The lowest BCUT2D eigenvalue weighted by atomic mass is 10.1. The standard InChI is InChI=1S/C25H20ClF3N4O2/c1-3-33-13-30-22-17(24(35)32-20-10-6-9-19(26)14(20)2)11-15(12-21(22)33)31-23(34)16-7-4-5-8-18(16)25(27,28)29/h4-13H,3H2,1-2H3,(H,31,34)(H,32,35). The van der Waals surface area contributed by atoms with Crippen LogP contribution in [0.1, 0.15) is 38.8 Å². The number of fused-ring (bicyclic) bond motifs is 1. The highest BCUT2D eigenvalue weighted by atomic mass is 35.5. The molecule has 0 unspecified atom stereocenters. The van der Waals surface area contributed by atoms with Crippen LogP contribution in [0.3, 0.4) is 0 Å². The number of halogens is 4. The van der Waals surface area contributed by atoms with Crippen molar-refractivity contribution in [3.8, 4) is 0 Å². The van der Waals surface area contributed by atoms with E-state index in [0.717, 1.165) is 12.1 Å². The van der Waals surface area contributed by atoms with Gasteiger partial charge in [0.2, 0.25) is 0 Å². The van der Waals surface area contributed by atoms with Crippen LogP contribution in [-0.2, 0) is 12.7 Å². The summed E-state index contributed by atoms with van der Waals surface area (Å²) in [4.78, 5) is 30.4. The molecule has 0 atom stereocenters. The number of benzene rings is 3. The molecule has 1 heterocycles. The van der Waals surface area contributed by atoms with Crippen LogP contribution < -0.4 is 10.6 Å². The summed E-state index contributed by atoms with van der Waals surface area (Å²) in [6, 6.07) is 12.6. The first-order chi connectivity index (χ1) is 16.6. The number of anilines is 2. The Bertz CT molecular complexity index is 1450. The second-order valence-corrected chi connectivity index (χ2v) is 8.19. The fourth-order valence-electron chi connectivity index (χ4n) is 3.72. The van der Waals surface area contributed by atoms with Crippen molar-refractivity contribution in [3.05, 3.63) is 88.2 Å². The number of aryl methyl sites for hydroxylation is 1. The predicted molar refractivity (Wildman–Crippen MR) is 129 cm³/mol. The number of amides is 2. The Labute approximate surface area is 203 Å². The Morgan fingerprint density at radius 3 is 2.43 bits per heavy atom. The van der Waals surface area contributed by atoms with Crippen LogP contribution in [0.4, 0.5) is 24.5 Å². The minimum atomic E-state index is -4.70. The molecule has 0 aliphatic rings. The highest BCUT2D eigenvalue weighted by molar-refractivity contribution is 6.31. The van der Waals surface area contributed by atoms with Gasteiger partial charge in [-0.15, -0.1) is 0 Å². The molecular formula is C25H20ClF3N4O2. The van der Waals surface area contributed by atoms with Crippen molar-refractivity contribution in [2.75, 3.05) is 10.6 Å². The van der Waals surface area contributed by atoms with Gasteiger partial charge in [0.25, 0.3) is 11.8 Å². The van der Waals surface area contributed by atoms with E-state index in [0.29, 0.717) is 33.9 Å². The van der Waals surface area contributed by atoms with Crippen molar-refractivity contribution in [2.24, 2.45) is 0 Å². The molecular weight excluding hydrogens is 481 g/mol. The molecule has 0 radical (unpaired) electrons. The zero-order valence-corrected chi connectivity index (χ0v) is 19.5. The number of hydrogen-bond donors (Lipinski definition) is 2. The smallest absolute Gasteiger partial charge is 0.331 e. The van der Waals surface area contributed by atoms with Gasteiger partial charge in [0.15, 0.2) is 0 Å². The van der Waals surface area contributed by atoms with Gasteiger partial charge in [-0.05, 0) is 55.8 Å². The average molecular weight is 501 g/mol. The number of alkyl halides is 3. The van der Waals surface area contributed by atoms with E-state index in [9.17, 15) is 22.8 Å². The Kier molecular flexibility index (Phi) is 6.53. The number of nitrogens with one attached hydrogen (secondary N) is 2. The molecule has 0 spiro atoms. The summed E-state index contributed by atoms with van der Waals surface area (Å²) < 4.78 is 42.0. The molecule has 35 heavy (non-hydrogen) atoms. The fraction of sp³-hybridized carbons (Fsp3) is 0.160.